The van der Waals surface area contributed by atoms with Gasteiger partial charge in [-0.1, -0.05) is 36.4 Å². The molecule has 41 heavy (non-hydrogen) atoms. The van der Waals surface area contributed by atoms with Crippen molar-refractivity contribution in [1.82, 2.24) is 9.88 Å². The maximum absolute atomic E-state index is 13.1. The Balaban J connectivity index is 1.79. The Morgan fingerprint density at radius 1 is 0.976 bits per heavy atom. The molecule has 0 fully saturated rings. The second-order valence-corrected chi connectivity index (χ2v) is 12.6. The molecular weight excluding hydrogens is 540 g/mol. The lowest BCUT2D eigenvalue weighted by molar-refractivity contribution is 0.0526. The van der Waals surface area contributed by atoms with Crippen molar-refractivity contribution < 1.29 is 23.1 Å². The molecule has 4 rings (SSSR count). The van der Waals surface area contributed by atoms with Crippen LogP contribution in [0.3, 0.4) is 0 Å². The molecule has 0 saturated heterocycles. The van der Waals surface area contributed by atoms with Crippen molar-refractivity contribution in [3.63, 3.8) is 0 Å². The summed E-state index contributed by atoms with van der Waals surface area (Å²) in [5, 5.41) is 11.1. The Morgan fingerprint density at radius 2 is 1.66 bits per heavy atom. The van der Waals surface area contributed by atoms with Gasteiger partial charge in [0.1, 0.15) is 0 Å². The summed E-state index contributed by atoms with van der Waals surface area (Å²) >= 11 is 0. The second kappa shape index (κ2) is 12.6. The number of rotatable bonds is 11. The van der Waals surface area contributed by atoms with Crippen LogP contribution in [0.2, 0.25) is 0 Å². The molecule has 4 aromatic rings. The third-order valence-corrected chi connectivity index (χ3v) is 8.80. The number of aliphatic imine (C=N–C) groups is 1. The molecule has 0 aliphatic rings. The van der Waals surface area contributed by atoms with Crippen LogP contribution in [0.1, 0.15) is 42.3 Å². The Morgan fingerprint density at radius 3 is 2.27 bits per heavy atom. The van der Waals surface area contributed by atoms with E-state index in [2.05, 4.69) is 4.98 Å². The quantitative estimate of drug-likeness (QED) is 0.184. The lowest BCUT2D eigenvalue weighted by Gasteiger charge is -2.27. The number of likely N-dealkylation sites (N-methyl/N-ethyl adjacent to an activating group) is 1. The van der Waals surface area contributed by atoms with Crippen LogP contribution in [0.15, 0.2) is 77.8 Å². The number of carbonyl (C=O) groups is 1. The lowest BCUT2D eigenvalue weighted by atomic mass is 10.00. The smallest absolute Gasteiger partial charge is 0.338 e. The first-order valence-electron chi connectivity index (χ1n) is 13.5. The van der Waals surface area contributed by atoms with Crippen molar-refractivity contribution in [2.24, 2.45) is 4.99 Å². The van der Waals surface area contributed by atoms with E-state index >= 15 is 0 Å². The third kappa shape index (κ3) is 6.61. The van der Waals surface area contributed by atoms with Gasteiger partial charge < -0.3 is 19.7 Å². The Kier molecular flexibility index (Phi) is 9.14. The fourth-order valence-corrected chi connectivity index (χ4v) is 5.66. The number of hydrogen-bond donors (Lipinski definition) is 2. The first-order valence-corrected chi connectivity index (χ1v) is 15.0. The highest BCUT2D eigenvalue weighted by atomic mass is 32.2. The Bertz CT molecular complexity index is 1640. The van der Waals surface area contributed by atoms with Gasteiger partial charge in [-0.3, -0.25) is 4.31 Å². The van der Waals surface area contributed by atoms with Gasteiger partial charge >= 0.3 is 5.97 Å². The van der Waals surface area contributed by atoms with E-state index in [4.69, 9.17) is 9.73 Å². The summed E-state index contributed by atoms with van der Waals surface area (Å²) in [6.45, 7) is 6.25. The number of ether oxygens (including phenoxy) is 1. The first kappa shape index (κ1) is 29.8. The van der Waals surface area contributed by atoms with Crippen molar-refractivity contribution in [1.29, 1.82) is 0 Å². The van der Waals surface area contributed by atoms with E-state index in [-0.39, 0.29) is 12.5 Å². The summed E-state index contributed by atoms with van der Waals surface area (Å²) in [6.07, 6.45) is 0. The largest absolute Gasteiger partial charge is 0.494 e. The molecule has 9 nitrogen and oxygen atoms in total. The first-order chi connectivity index (χ1) is 19.5. The van der Waals surface area contributed by atoms with Gasteiger partial charge in [0, 0.05) is 29.6 Å². The van der Waals surface area contributed by atoms with Gasteiger partial charge in [-0.25, -0.2) is 18.2 Å². The fraction of sp³-hybridized carbons (Fsp3) is 0.290. The van der Waals surface area contributed by atoms with E-state index in [9.17, 15) is 18.3 Å². The van der Waals surface area contributed by atoms with Crippen LogP contribution in [0, 0.1) is 0 Å². The molecule has 1 aromatic heterocycles. The Labute approximate surface area is 241 Å². The number of aromatic nitrogens is 1. The molecule has 216 valence electrons. The molecule has 0 aliphatic carbocycles. The molecule has 2 N–H and O–H groups in total. The van der Waals surface area contributed by atoms with Crippen molar-refractivity contribution in [3.05, 3.63) is 89.5 Å². The van der Waals surface area contributed by atoms with Crippen molar-refractivity contribution >= 4 is 44.0 Å². The van der Waals surface area contributed by atoms with Crippen LogP contribution in [0.4, 0.5) is 11.4 Å². The van der Waals surface area contributed by atoms with Crippen LogP contribution in [-0.4, -0.2) is 74.1 Å². The van der Waals surface area contributed by atoms with E-state index in [1.54, 1.807) is 63.2 Å². The molecule has 0 radical (unpaired) electrons. The summed E-state index contributed by atoms with van der Waals surface area (Å²) in [7, 11) is 0.263. The summed E-state index contributed by atoms with van der Waals surface area (Å²) < 4.78 is 32.8. The van der Waals surface area contributed by atoms with Crippen LogP contribution < -0.4 is 4.31 Å². The van der Waals surface area contributed by atoms with Gasteiger partial charge in [-0.15, -0.1) is 0 Å². The number of aromatic hydroxyl groups is 1. The molecule has 0 saturated carbocycles. The van der Waals surface area contributed by atoms with E-state index in [0.29, 0.717) is 52.2 Å². The van der Waals surface area contributed by atoms with Crippen LogP contribution in [0.5, 0.6) is 5.88 Å². The van der Waals surface area contributed by atoms with Gasteiger partial charge in [0.25, 0.3) is 0 Å². The summed E-state index contributed by atoms with van der Waals surface area (Å²) in [6, 6.07) is 21.6. The summed E-state index contributed by atoms with van der Waals surface area (Å²) in [5.74, 6) is -0.528. The van der Waals surface area contributed by atoms with Gasteiger partial charge in [-0.05, 0) is 71.3 Å². The monoisotopic (exact) mass is 576 g/mol. The summed E-state index contributed by atoms with van der Waals surface area (Å²) in [5.41, 5.74) is 3.86. The number of benzene rings is 3. The van der Waals surface area contributed by atoms with Crippen molar-refractivity contribution in [3.8, 4) is 5.88 Å². The highest BCUT2D eigenvalue weighted by Crippen LogP contribution is 2.33. The van der Waals surface area contributed by atoms with Crippen LogP contribution in [-0.2, 0) is 14.8 Å². The Hall–Kier alpha value is -4.15. The number of fused-ring (bicyclic) bond motifs is 1. The van der Waals surface area contributed by atoms with Crippen molar-refractivity contribution in [2.75, 3.05) is 38.1 Å². The molecule has 0 unspecified atom stereocenters. The SMILES string of the molecule is CCOC(=O)c1ccc2c(C(=Nc3ccc(N(CCN(C)C)S(=O)(=O)C(C)C)cc3)c3ccccc3)c(O)[nH]c2c1. The molecule has 0 atom stereocenters. The van der Waals surface area contributed by atoms with Crippen LogP contribution in [0.25, 0.3) is 10.9 Å². The molecule has 10 heteroatoms. The average Bonchev–Trinajstić information content (AvgIpc) is 3.27. The number of nitrogens with one attached hydrogen (secondary N) is 1. The maximum Gasteiger partial charge on any atom is 0.338 e. The molecule has 0 aliphatic heterocycles. The number of hydrogen-bond acceptors (Lipinski definition) is 7. The zero-order valence-electron chi connectivity index (χ0n) is 24.0. The van der Waals surface area contributed by atoms with Gasteiger partial charge in [0.15, 0.2) is 5.88 Å². The highest BCUT2D eigenvalue weighted by molar-refractivity contribution is 7.93. The maximum atomic E-state index is 13.1. The van der Waals surface area contributed by atoms with Crippen LogP contribution >= 0.6 is 0 Å². The molecule has 0 amide bonds. The number of aromatic amines is 1. The number of sulfonamides is 1. The van der Waals surface area contributed by atoms with Gasteiger partial charge in [0.2, 0.25) is 10.0 Å². The number of esters is 1. The zero-order chi connectivity index (χ0) is 29.7. The minimum atomic E-state index is -3.54. The number of anilines is 1. The number of H-pyrrole nitrogens is 1. The van der Waals surface area contributed by atoms with Gasteiger partial charge in [0.05, 0.1) is 40.1 Å². The molecule has 0 bridgehead atoms. The molecule has 3 aromatic carbocycles. The minimum absolute atomic E-state index is 0.0851. The topological polar surface area (TPSA) is 115 Å². The minimum Gasteiger partial charge on any atom is -0.494 e. The average molecular weight is 577 g/mol. The third-order valence-electron chi connectivity index (χ3n) is 6.61. The normalized spacial score (nSPS) is 12.3. The lowest BCUT2D eigenvalue weighted by Crippen LogP contribution is -2.40. The van der Waals surface area contributed by atoms with E-state index in [1.165, 1.54) is 4.31 Å². The predicted molar refractivity (Wildman–Crippen MR) is 164 cm³/mol. The van der Waals surface area contributed by atoms with Gasteiger partial charge in [-0.2, -0.15) is 0 Å². The van der Waals surface area contributed by atoms with E-state index in [1.807, 2.05) is 49.3 Å². The van der Waals surface area contributed by atoms with Crippen molar-refractivity contribution in [2.45, 2.75) is 26.0 Å². The molecule has 0 spiro atoms. The predicted octanol–water partition coefficient (Wildman–Crippen LogP) is 5.33. The zero-order valence-corrected chi connectivity index (χ0v) is 24.8. The molecular formula is C31H36N4O5S. The summed E-state index contributed by atoms with van der Waals surface area (Å²) in [4.78, 5) is 22.1. The highest BCUT2D eigenvalue weighted by Gasteiger charge is 2.26. The van der Waals surface area contributed by atoms with E-state index in [0.717, 1.165) is 5.56 Å². The number of carbonyl (C=O) groups excluding carboxylic acids is 1. The second-order valence-electron chi connectivity index (χ2n) is 10.1. The molecule has 1 heterocycles. The standard InChI is InChI=1S/C31H36N4O5S/c1-6-40-31(37)23-12-17-26-27(20-23)33-30(36)28(26)29(22-10-8-7-9-11-22)32-24-13-15-25(16-14-24)35(19-18-34(4)5)41(38,39)21(2)3/h7-17,20-21,33,36H,6,18-19H2,1-5H3. The number of nitrogens with zero attached hydrogens (tertiary/aromatic N) is 3. The fourth-order valence-electron chi connectivity index (χ4n) is 4.40. The van der Waals surface area contributed by atoms with E-state index < -0.39 is 21.2 Å².